The Morgan fingerprint density at radius 3 is 2.28 bits per heavy atom. The first kappa shape index (κ1) is 18.4. The third-order valence-corrected chi connectivity index (χ3v) is 4.28. The molecule has 4 aromatic rings. The molecule has 29 heavy (non-hydrogen) atoms. The van der Waals surface area contributed by atoms with Gasteiger partial charge in [-0.25, -0.2) is 20.5 Å². The number of hydrogen-bond donors (Lipinski definition) is 2. The van der Waals surface area contributed by atoms with Crippen LogP contribution in [0.3, 0.4) is 0 Å². The number of nitrogen functional groups attached to an aromatic ring is 1. The van der Waals surface area contributed by atoms with Crippen molar-refractivity contribution in [3.05, 3.63) is 65.9 Å². The van der Waals surface area contributed by atoms with Crippen LogP contribution in [-0.4, -0.2) is 19.7 Å². The molecule has 10 heteroatoms. The van der Waals surface area contributed by atoms with Gasteiger partial charge in [-0.3, -0.25) is 0 Å². The molecular formula is C19H12F3N7. The number of rotatable bonds is 3. The maximum Gasteiger partial charge on any atom is 0.416 e. The fourth-order valence-corrected chi connectivity index (χ4v) is 2.82. The normalized spacial score (nSPS) is 11.4. The molecule has 0 bridgehead atoms. The van der Waals surface area contributed by atoms with E-state index in [1.54, 1.807) is 24.3 Å². The Balaban J connectivity index is 1.85. The summed E-state index contributed by atoms with van der Waals surface area (Å²) in [6, 6.07) is 13.3. The quantitative estimate of drug-likeness (QED) is 0.405. The largest absolute Gasteiger partial charge is 0.416 e. The number of halogens is 3. The van der Waals surface area contributed by atoms with Gasteiger partial charge < -0.3 is 5.43 Å². The summed E-state index contributed by atoms with van der Waals surface area (Å²) in [5.74, 6) is 6.04. The minimum Gasteiger partial charge on any atom is -0.308 e. The predicted octanol–water partition coefficient (Wildman–Crippen LogP) is 3.66. The second-order valence-corrected chi connectivity index (χ2v) is 6.07. The first-order valence-electron chi connectivity index (χ1n) is 8.31. The lowest BCUT2D eigenvalue weighted by Gasteiger charge is -2.09. The second kappa shape index (κ2) is 6.88. The number of nitriles is 1. The van der Waals surface area contributed by atoms with Crippen molar-refractivity contribution in [2.45, 2.75) is 6.18 Å². The summed E-state index contributed by atoms with van der Waals surface area (Å²) in [6.45, 7) is 0. The van der Waals surface area contributed by atoms with E-state index >= 15 is 0 Å². The van der Waals surface area contributed by atoms with Crippen LogP contribution in [0.1, 0.15) is 11.1 Å². The highest BCUT2D eigenvalue weighted by molar-refractivity contribution is 5.88. The highest BCUT2D eigenvalue weighted by Crippen LogP contribution is 2.31. The highest BCUT2D eigenvalue weighted by Gasteiger charge is 2.30. The van der Waals surface area contributed by atoms with Crippen LogP contribution >= 0.6 is 0 Å². The van der Waals surface area contributed by atoms with Crippen LogP contribution in [0.5, 0.6) is 0 Å². The zero-order valence-electron chi connectivity index (χ0n) is 14.6. The van der Waals surface area contributed by atoms with Crippen molar-refractivity contribution in [1.29, 1.82) is 5.26 Å². The Morgan fingerprint density at radius 2 is 1.69 bits per heavy atom. The molecule has 2 aromatic heterocycles. The summed E-state index contributed by atoms with van der Waals surface area (Å²) >= 11 is 0. The van der Waals surface area contributed by atoms with Crippen molar-refractivity contribution in [2.75, 3.05) is 5.43 Å². The predicted molar refractivity (Wildman–Crippen MR) is 99.6 cm³/mol. The van der Waals surface area contributed by atoms with Crippen molar-refractivity contribution in [1.82, 2.24) is 19.7 Å². The van der Waals surface area contributed by atoms with E-state index in [2.05, 4.69) is 20.5 Å². The number of alkyl halides is 3. The average Bonchev–Trinajstić information content (AvgIpc) is 3.16. The minimum absolute atomic E-state index is 0.189. The van der Waals surface area contributed by atoms with Crippen LogP contribution in [0.2, 0.25) is 0 Å². The molecular weight excluding hydrogens is 383 g/mol. The van der Waals surface area contributed by atoms with Crippen molar-refractivity contribution in [3.63, 3.8) is 0 Å². The Morgan fingerprint density at radius 1 is 1.00 bits per heavy atom. The van der Waals surface area contributed by atoms with Gasteiger partial charge in [0.2, 0.25) is 0 Å². The molecule has 0 aliphatic carbocycles. The van der Waals surface area contributed by atoms with Gasteiger partial charge in [-0.05, 0) is 36.4 Å². The molecule has 3 N–H and O–H groups in total. The van der Waals surface area contributed by atoms with Gasteiger partial charge in [0.15, 0.2) is 17.3 Å². The molecule has 0 radical (unpaired) electrons. The van der Waals surface area contributed by atoms with Crippen molar-refractivity contribution in [3.8, 4) is 23.1 Å². The number of fused-ring (bicyclic) bond motifs is 1. The number of nitrogens with two attached hydrogens (primary N) is 1. The summed E-state index contributed by atoms with van der Waals surface area (Å²) < 4.78 is 40.0. The van der Waals surface area contributed by atoms with E-state index in [-0.39, 0.29) is 11.6 Å². The molecule has 0 saturated carbocycles. The zero-order chi connectivity index (χ0) is 20.6. The monoisotopic (exact) mass is 395 g/mol. The molecule has 0 unspecified atom stereocenters. The Kier molecular flexibility index (Phi) is 4.37. The maximum atomic E-state index is 12.8. The fourth-order valence-electron chi connectivity index (χ4n) is 2.82. The van der Waals surface area contributed by atoms with E-state index < -0.39 is 11.7 Å². The maximum absolute atomic E-state index is 12.8. The highest BCUT2D eigenvalue weighted by atomic mass is 19.4. The van der Waals surface area contributed by atoms with Crippen molar-refractivity contribution < 1.29 is 13.2 Å². The third-order valence-electron chi connectivity index (χ3n) is 4.28. The van der Waals surface area contributed by atoms with Crippen LogP contribution in [0.4, 0.5) is 19.0 Å². The molecule has 0 aliphatic rings. The van der Waals surface area contributed by atoms with E-state index in [0.29, 0.717) is 27.8 Å². The first-order valence-corrected chi connectivity index (χ1v) is 8.31. The Labute approximate surface area is 162 Å². The molecule has 0 amide bonds. The topological polar surface area (TPSA) is 105 Å². The lowest BCUT2D eigenvalue weighted by molar-refractivity contribution is -0.137. The van der Waals surface area contributed by atoms with Gasteiger partial charge in [0.05, 0.1) is 34.5 Å². The second-order valence-electron chi connectivity index (χ2n) is 6.07. The first-order chi connectivity index (χ1) is 13.9. The minimum atomic E-state index is -4.43. The number of hydrogen-bond acceptors (Lipinski definition) is 6. The van der Waals surface area contributed by atoms with Crippen LogP contribution in [0, 0.1) is 11.3 Å². The van der Waals surface area contributed by atoms with Gasteiger partial charge in [0.1, 0.15) is 0 Å². The van der Waals surface area contributed by atoms with Gasteiger partial charge >= 0.3 is 6.18 Å². The number of nitrogens with one attached hydrogen (secondary N) is 1. The standard InChI is InChI=1S/C19H12F3N7/c20-19(21,22)13-5-3-12(4-6-13)16-26-17(28-24)15-10-25-29(18(15)27-16)14-7-1-11(9-23)2-8-14/h1-8,10H,24H2,(H,26,27,28). The molecule has 0 atom stereocenters. The SMILES string of the molecule is N#Cc1ccc(-n2ncc3c(NN)nc(-c4ccc(C(F)(F)F)cc4)nc32)cc1. The van der Waals surface area contributed by atoms with Gasteiger partial charge in [0, 0.05) is 5.56 Å². The van der Waals surface area contributed by atoms with Gasteiger partial charge in [-0.15, -0.1) is 0 Å². The van der Waals surface area contributed by atoms with E-state index in [9.17, 15) is 13.2 Å². The molecule has 2 aromatic carbocycles. The molecule has 0 saturated heterocycles. The molecule has 0 fully saturated rings. The Hall–Kier alpha value is -3.97. The summed E-state index contributed by atoms with van der Waals surface area (Å²) in [7, 11) is 0. The van der Waals surface area contributed by atoms with Crippen molar-refractivity contribution >= 4 is 16.9 Å². The van der Waals surface area contributed by atoms with E-state index in [1.165, 1.54) is 23.0 Å². The lowest BCUT2D eigenvalue weighted by atomic mass is 10.1. The number of nitrogens with zero attached hydrogens (tertiary/aromatic N) is 5. The average molecular weight is 395 g/mol. The van der Waals surface area contributed by atoms with E-state index in [0.717, 1.165) is 12.1 Å². The Bertz CT molecular complexity index is 1220. The van der Waals surface area contributed by atoms with Gasteiger partial charge in [-0.1, -0.05) is 12.1 Å². The molecule has 144 valence electrons. The smallest absolute Gasteiger partial charge is 0.308 e. The number of hydrazine groups is 1. The third kappa shape index (κ3) is 3.35. The van der Waals surface area contributed by atoms with Crippen LogP contribution in [0.15, 0.2) is 54.7 Å². The zero-order valence-corrected chi connectivity index (χ0v) is 14.6. The number of aromatic nitrogens is 4. The van der Waals surface area contributed by atoms with Crippen LogP contribution in [0.25, 0.3) is 28.1 Å². The van der Waals surface area contributed by atoms with E-state index in [1.807, 2.05) is 6.07 Å². The summed E-state index contributed by atoms with van der Waals surface area (Å²) in [4.78, 5) is 8.76. The molecule has 4 rings (SSSR count). The van der Waals surface area contributed by atoms with Gasteiger partial charge in [-0.2, -0.15) is 23.5 Å². The lowest BCUT2D eigenvalue weighted by Crippen LogP contribution is -2.10. The molecule has 0 spiro atoms. The van der Waals surface area contributed by atoms with E-state index in [4.69, 9.17) is 11.1 Å². The number of benzene rings is 2. The fraction of sp³-hybridized carbons (Fsp3) is 0.0526. The van der Waals surface area contributed by atoms with Crippen LogP contribution < -0.4 is 11.3 Å². The summed E-state index contributed by atoms with van der Waals surface area (Å²) in [6.07, 6.45) is -2.90. The van der Waals surface area contributed by atoms with Gasteiger partial charge in [0.25, 0.3) is 0 Å². The summed E-state index contributed by atoms with van der Waals surface area (Å²) in [5, 5.41) is 13.8. The summed E-state index contributed by atoms with van der Waals surface area (Å²) in [5.41, 5.74) is 3.66. The molecule has 2 heterocycles. The molecule has 7 nitrogen and oxygen atoms in total. The van der Waals surface area contributed by atoms with Crippen molar-refractivity contribution in [2.24, 2.45) is 5.84 Å². The van der Waals surface area contributed by atoms with Crippen LogP contribution in [-0.2, 0) is 6.18 Å². The molecule has 0 aliphatic heterocycles. The number of anilines is 1.